The molecule has 0 radical (unpaired) electrons. The molecule has 0 aliphatic rings. The lowest BCUT2D eigenvalue weighted by atomic mass is 9.91. The molecule has 0 amide bonds. The molecule has 262 valence electrons. The van der Waals surface area contributed by atoms with Gasteiger partial charge in [-0.1, -0.05) is 121 Å². The van der Waals surface area contributed by atoms with E-state index < -0.39 is 0 Å². The first-order chi connectivity index (χ1) is 27.8. The molecule has 0 bridgehead atoms. The molecule has 56 heavy (non-hydrogen) atoms. The van der Waals surface area contributed by atoms with Gasteiger partial charge in [0.1, 0.15) is 0 Å². The Morgan fingerprint density at radius 1 is 0.232 bits per heavy atom. The summed E-state index contributed by atoms with van der Waals surface area (Å²) in [6.45, 7) is 0. The second-order valence-electron chi connectivity index (χ2n) is 14.2. The van der Waals surface area contributed by atoms with Crippen molar-refractivity contribution in [3.63, 3.8) is 0 Å². The summed E-state index contributed by atoms with van der Waals surface area (Å²) in [5.74, 6) is 0. The fourth-order valence-corrected chi connectivity index (χ4v) is 8.54. The van der Waals surface area contributed by atoms with Gasteiger partial charge >= 0.3 is 0 Å². The Kier molecular flexibility index (Phi) is 7.46. The van der Waals surface area contributed by atoms with Crippen molar-refractivity contribution in [3.05, 3.63) is 207 Å². The summed E-state index contributed by atoms with van der Waals surface area (Å²) in [5, 5.41) is 11.6. The van der Waals surface area contributed by atoms with Crippen LogP contribution in [0, 0.1) is 0 Å². The van der Waals surface area contributed by atoms with Crippen LogP contribution in [0.3, 0.4) is 0 Å². The molecule has 0 saturated carbocycles. The van der Waals surface area contributed by atoms with E-state index >= 15 is 0 Å². The quantitative estimate of drug-likeness (QED) is 0.127. The summed E-state index contributed by atoms with van der Waals surface area (Å²) in [6, 6.07) is 68.9. The molecule has 4 nitrogen and oxygen atoms in total. The molecule has 0 unspecified atom stereocenters. The Bertz CT molecular complexity index is 2940. The summed E-state index contributed by atoms with van der Waals surface area (Å²) in [5.41, 5.74) is 8.33. The van der Waals surface area contributed by atoms with Crippen LogP contribution in [-0.4, -0.2) is 9.97 Å². The van der Waals surface area contributed by atoms with E-state index in [1.807, 2.05) is 12.4 Å². The van der Waals surface area contributed by atoms with Crippen molar-refractivity contribution >= 4 is 99.0 Å². The number of anilines is 6. The highest BCUT2D eigenvalue weighted by molar-refractivity contribution is 6.32. The van der Waals surface area contributed by atoms with Crippen molar-refractivity contribution in [3.8, 4) is 0 Å². The molecule has 0 aliphatic carbocycles. The van der Waals surface area contributed by atoms with Gasteiger partial charge in [0.15, 0.2) is 0 Å². The molecule has 2 heterocycles. The zero-order chi connectivity index (χ0) is 37.0. The van der Waals surface area contributed by atoms with E-state index in [9.17, 15) is 0 Å². The lowest BCUT2D eigenvalue weighted by molar-refractivity contribution is 1.26. The Hall–Kier alpha value is -7.56. The van der Waals surface area contributed by atoms with Crippen LogP contribution in [-0.2, 0) is 0 Å². The number of benzene rings is 9. The van der Waals surface area contributed by atoms with Crippen LogP contribution in [0.1, 0.15) is 0 Å². The lowest BCUT2D eigenvalue weighted by Gasteiger charge is -2.26. The molecule has 0 N–H and O–H groups in total. The molecule has 11 rings (SSSR count). The zero-order valence-electron chi connectivity index (χ0n) is 30.4. The highest BCUT2D eigenvalue weighted by Crippen LogP contribution is 2.44. The Labute approximate surface area is 324 Å². The summed E-state index contributed by atoms with van der Waals surface area (Å²) < 4.78 is 0. The average Bonchev–Trinajstić information content (AvgIpc) is 3.28. The number of hydrogen-bond donors (Lipinski definition) is 0. The highest BCUT2D eigenvalue weighted by Gasteiger charge is 2.20. The summed E-state index contributed by atoms with van der Waals surface area (Å²) in [7, 11) is 0. The maximum absolute atomic E-state index is 5.31. The van der Waals surface area contributed by atoms with E-state index in [1.54, 1.807) is 0 Å². The molecule has 0 saturated heterocycles. The van der Waals surface area contributed by atoms with Crippen molar-refractivity contribution in [2.24, 2.45) is 0 Å². The van der Waals surface area contributed by atoms with Crippen LogP contribution in [0.5, 0.6) is 0 Å². The standard InChI is InChI=1S/C52H34N4/c1-5-17-35(18-6-1)55(36-19-7-2-8-20-36)39-29-47-43-27-15-13-25-41(43)45-32-50-46(31-49(45)51(47)53-33-39)42-26-14-16-28-44(42)48-30-40(34-54-52(48)50)56(37-21-9-3-10-22-37)38-23-11-4-12-24-38/h1-34H. The molecule has 11 aromatic rings. The number of fused-ring (bicyclic) bond motifs is 12. The van der Waals surface area contributed by atoms with Crippen molar-refractivity contribution in [2.45, 2.75) is 0 Å². The Balaban J connectivity index is 1.18. The number of para-hydroxylation sites is 4. The third kappa shape index (κ3) is 5.15. The van der Waals surface area contributed by atoms with E-state index in [2.05, 4.69) is 204 Å². The number of nitrogens with zero attached hydrogens (tertiary/aromatic N) is 4. The average molecular weight is 715 g/mol. The first-order valence-electron chi connectivity index (χ1n) is 19.0. The minimum absolute atomic E-state index is 0.985. The predicted molar refractivity (Wildman–Crippen MR) is 236 cm³/mol. The van der Waals surface area contributed by atoms with Crippen LogP contribution in [0.15, 0.2) is 207 Å². The van der Waals surface area contributed by atoms with Crippen molar-refractivity contribution in [1.29, 1.82) is 0 Å². The molecule has 0 fully saturated rings. The largest absolute Gasteiger partial charge is 0.309 e. The SMILES string of the molecule is c1ccc(N(c2ccccc2)c2cnc3c(c2)c2ccccc2c2cc4c(cc23)c2ccccc2c2cc(N(c3ccccc3)c3ccccc3)cnc24)cc1. The van der Waals surface area contributed by atoms with Crippen molar-refractivity contribution in [2.75, 3.05) is 9.80 Å². The fraction of sp³-hybridized carbons (Fsp3) is 0. The van der Waals surface area contributed by atoms with E-state index in [0.717, 1.165) is 66.7 Å². The minimum Gasteiger partial charge on any atom is -0.309 e. The first-order valence-corrected chi connectivity index (χ1v) is 19.0. The third-order valence-electron chi connectivity index (χ3n) is 11.0. The van der Waals surface area contributed by atoms with Crippen LogP contribution in [0.25, 0.3) is 64.9 Å². The third-order valence-corrected chi connectivity index (χ3v) is 11.0. The van der Waals surface area contributed by atoms with E-state index in [4.69, 9.17) is 9.97 Å². The molecule has 0 spiro atoms. The van der Waals surface area contributed by atoms with Gasteiger partial charge in [-0.05, 0) is 105 Å². The number of pyridine rings is 2. The molecule has 9 aromatic carbocycles. The molecular formula is C52H34N4. The zero-order valence-corrected chi connectivity index (χ0v) is 30.4. The van der Waals surface area contributed by atoms with Crippen LogP contribution < -0.4 is 9.80 Å². The Morgan fingerprint density at radius 2 is 0.500 bits per heavy atom. The van der Waals surface area contributed by atoms with Gasteiger partial charge in [-0.15, -0.1) is 0 Å². The van der Waals surface area contributed by atoms with Crippen molar-refractivity contribution in [1.82, 2.24) is 9.97 Å². The number of hydrogen-bond acceptors (Lipinski definition) is 4. The van der Waals surface area contributed by atoms with Gasteiger partial charge < -0.3 is 9.80 Å². The molecule has 0 atom stereocenters. The highest BCUT2D eigenvalue weighted by atomic mass is 15.2. The monoisotopic (exact) mass is 714 g/mol. The fourth-order valence-electron chi connectivity index (χ4n) is 8.54. The molecule has 4 heteroatoms. The lowest BCUT2D eigenvalue weighted by Crippen LogP contribution is -2.10. The second-order valence-corrected chi connectivity index (χ2v) is 14.2. The van der Waals surface area contributed by atoms with Crippen LogP contribution in [0.2, 0.25) is 0 Å². The van der Waals surface area contributed by atoms with Crippen LogP contribution in [0.4, 0.5) is 34.1 Å². The van der Waals surface area contributed by atoms with Crippen LogP contribution >= 0.6 is 0 Å². The topological polar surface area (TPSA) is 32.3 Å². The summed E-state index contributed by atoms with van der Waals surface area (Å²) in [6.07, 6.45) is 4.04. The van der Waals surface area contributed by atoms with E-state index in [1.165, 1.54) is 32.3 Å². The molecular weight excluding hydrogens is 681 g/mol. The predicted octanol–water partition coefficient (Wildman–Crippen LogP) is 14.3. The normalized spacial score (nSPS) is 11.6. The number of aromatic nitrogens is 2. The number of rotatable bonds is 6. The minimum atomic E-state index is 0.985. The van der Waals surface area contributed by atoms with Gasteiger partial charge in [-0.2, -0.15) is 0 Å². The van der Waals surface area contributed by atoms with Gasteiger partial charge in [0.2, 0.25) is 0 Å². The molecule has 2 aromatic heterocycles. The Morgan fingerprint density at radius 3 is 0.821 bits per heavy atom. The van der Waals surface area contributed by atoms with Gasteiger partial charge in [0, 0.05) is 44.3 Å². The smallest absolute Gasteiger partial charge is 0.0788 e. The van der Waals surface area contributed by atoms with Gasteiger partial charge in [-0.3, -0.25) is 9.97 Å². The summed E-state index contributed by atoms with van der Waals surface area (Å²) in [4.78, 5) is 15.2. The van der Waals surface area contributed by atoms with E-state index in [-0.39, 0.29) is 0 Å². The van der Waals surface area contributed by atoms with Crippen molar-refractivity contribution < 1.29 is 0 Å². The van der Waals surface area contributed by atoms with Gasteiger partial charge in [0.25, 0.3) is 0 Å². The summed E-state index contributed by atoms with van der Waals surface area (Å²) >= 11 is 0. The van der Waals surface area contributed by atoms with Gasteiger partial charge in [0.05, 0.1) is 34.8 Å². The van der Waals surface area contributed by atoms with E-state index in [0.29, 0.717) is 0 Å². The molecule has 0 aliphatic heterocycles. The second kappa shape index (κ2) is 13.1. The maximum Gasteiger partial charge on any atom is 0.0788 e. The maximum atomic E-state index is 5.31. The van der Waals surface area contributed by atoms with Gasteiger partial charge in [-0.25, -0.2) is 0 Å². The first kappa shape index (κ1) is 31.9.